The van der Waals surface area contributed by atoms with Crippen molar-refractivity contribution in [1.29, 1.82) is 0 Å². The quantitative estimate of drug-likeness (QED) is 0.644. The second kappa shape index (κ2) is 8.62. The zero-order chi connectivity index (χ0) is 21.9. The minimum Gasteiger partial charge on any atom is -0.497 e. The number of amides is 1. The van der Waals surface area contributed by atoms with Crippen molar-refractivity contribution in [2.75, 3.05) is 23.8 Å². The first kappa shape index (κ1) is 22.1. The highest BCUT2D eigenvalue weighted by molar-refractivity contribution is 7.94. The van der Waals surface area contributed by atoms with Gasteiger partial charge in [0, 0.05) is 13.0 Å². The standard InChI is InChI=1S/C19H22N2O7S2/c1-3-28-17-9-6-15(21-19(22)10-11-29(21,23)24)12-18(17)30(25,26)20-13-14-4-7-16(27-2)8-5-14/h4-9,12,20H,3,10-11,13H2,1-2H3. The van der Waals surface area contributed by atoms with Crippen LogP contribution in [0.2, 0.25) is 0 Å². The van der Waals surface area contributed by atoms with Crippen molar-refractivity contribution in [2.45, 2.75) is 24.8 Å². The van der Waals surface area contributed by atoms with Gasteiger partial charge in [-0.15, -0.1) is 0 Å². The van der Waals surface area contributed by atoms with E-state index in [2.05, 4.69) is 4.72 Å². The highest BCUT2D eigenvalue weighted by Gasteiger charge is 2.37. The van der Waals surface area contributed by atoms with Gasteiger partial charge in [-0.1, -0.05) is 12.1 Å². The SMILES string of the molecule is CCOc1ccc(N2C(=O)CCS2(=O)=O)cc1S(=O)(=O)NCc1ccc(OC)cc1. The lowest BCUT2D eigenvalue weighted by Gasteiger charge is -2.18. The van der Waals surface area contributed by atoms with Gasteiger partial charge in [0.1, 0.15) is 16.4 Å². The molecule has 1 N–H and O–H groups in total. The fourth-order valence-corrected chi connectivity index (χ4v) is 5.61. The molecule has 0 bridgehead atoms. The summed E-state index contributed by atoms with van der Waals surface area (Å²) in [6.45, 7) is 1.91. The Hall–Kier alpha value is -2.63. The molecule has 0 unspecified atom stereocenters. The normalized spacial score (nSPS) is 15.9. The minimum atomic E-state index is -4.07. The molecule has 0 saturated carbocycles. The predicted octanol–water partition coefficient (Wildman–Crippen LogP) is 1.64. The van der Waals surface area contributed by atoms with Gasteiger partial charge in [-0.2, -0.15) is 0 Å². The Morgan fingerprint density at radius 2 is 1.83 bits per heavy atom. The Morgan fingerprint density at radius 1 is 1.13 bits per heavy atom. The summed E-state index contributed by atoms with van der Waals surface area (Å²) in [6, 6.07) is 10.7. The predicted molar refractivity (Wildman–Crippen MR) is 111 cm³/mol. The van der Waals surface area contributed by atoms with E-state index >= 15 is 0 Å². The zero-order valence-corrected chi connectivity index (χ0v) is 18.1. The molecule has 1 saturated heterocycles. The number of hydrogen-bond acceptors (Lipinski definition) is 7. The van der Waals surface area contributed by atoms with Gasteiger partial charge in [0.25, 0.3) is 0 Å². The smallest absolute Gasteiger partial charge is 0.244 e. The van der Waals surface area contributed by atoms with E-state index in [9.17, 15) is 21.6 Å². The summed E-state index contributed by atoms with van der Waals surface area (Å²) in [5.74, 6) is -0.206. The molecule has 1 fully saturated rings. The molecule has 1 amide bonds. The summed E-state index contributed by atoms with van der Waals surface area (Å²) < 4.78 is 64.0. The molecule has 0 radical (unpaired) electrons. The van der Waals surface area contributed by atoms with Crippen molar-refractivity contribution in [3.63, 3.8) is 0 Å². The lowest BCUT2D eigenvalue weighted by Crippen LogP contribution is -2.30. The maximum Gasteiger partial charge on any atom is 0.244 e. The lowest BCUT2D eigenvalue weighted by atomic mass is 10.2. The Balaban J connectivity index is 1.93. The molecule has 0 aliphatic carbocycles. The number of anilines is 1. The van der Waals surface area contributed by atoms with Gasteiger partial charge in [0.05, 0.1) is 25.2 Å². The summed E-state index contributed by atoms with van der Waals surface area (Å²) in [4.78, 5) is 11.8. The molecule has 2 aromatic rings. The van der Waals surface area contributed by atoms with E-state index in [1.807, 2.05) is 0 Å². The van der Waals surface area contributed by atoms with Gasteiger partial charge in [0.2, 0.25) is 26.0 Å². The van der Waals surface area contributed by atoms with E-state index in [-0.39, 0.29) is 41.7 Å². The van der Waals surface area contributed by atoms with Gasteiger partial charge in [-0.25, -0.2) is 25.9 Å². The number of nitrogens with zero attached hydrogens (tertiary/aromatic N) is 1. The molecular weight excluding hydrogens is 432 g/mol. The van der Waals surface area contributed by atoms with Crippen LogP contribution in [-0.2, 0) is 31.4 Å². The van der Waals surface area contributed by atoms with Crippen LogP contribution in [0.3, 0.4) is 0 Å². The molecule has 0 spiro atoms. The van der Waals surface area contributed by atoms with Crippen LogP contribution < -0.4 is 18.5 Å². The Labute approximate surface area is 175 Å². The third-order valence-electron chi connectivity index (χ3n) is 4.46. The molecule has 3 rings (SSSR count). The fourth-order valence-electron chi connectivity index (χ4n) is 2.98. The first-order valence-corrected chi connectivity index (χ1v) is 12.2. The van der Waals surface area contributed by atoms with Crippen LogP contribution in [0.25, 0.3) is 0 Å². The number of benzene rings is 2. The fraction of sp³-hybridized carbons (Fsp3) is 0.316. The van der Waals surface area contributed by atoms with Gasteiger partial charge in [-0.05, 0) is 42.8 Å². The highest BCUT2D eigenvalue weighted by Crippen LogP contribution is 2.32. The molecule has 2 aromatic carbocycles. The molecule has 30 heavy (non-hydrogen) atoms. The van der Waals surface area contributed by atoms with E-state index in [0.29, 0.717) is 15.6 Å². The van der Waals surface area contributed by atoms with Crippen molar-refractivity contribution in [1.82, 2.24) is 4.72 Å². The molecule has 162 valence electrons. The summed E-state index contributed by atoms with van der Waals surface area (Å²) in [5.41, 5.74) is 0.663. The molecule has 11 heteroatoms. The third kappa shape index (κ3) is 4.58. The maximum atomic E-state index is 13.0. The maximum absolute atomic E-state index is 13.0. The van der Waals surface area contributed by atoms with Crippen molar-refractivity contribution in [3.8, 4) is 11.5 Å². The average Bonchev–Trinajstić information content (AvgIpc) is 3.00. The van der Waals surface area contributed by atoms with E-state index in [0.717, 1.165) is 6.07 Å². The first-order chi connectivity index (χ1) is 14.2. The van der Waals surface area contributed by atoms with Crippen molar-refractivity contribution < 1.29 is 31.1 Å². The number of methoxy groups -OCH3 is 1. The van der Waals surface area contributed by atoms with Crippen LogP contribution in [-0.4, -0.2) is 42.2 Å². The topological polar surface area (TPSA) is 119 Å². The van der Waals surface area contributed by atoms with Gasteiger partial charge in [-0.3, -0.25) is 4.79 Å². The Morgan fingerprint density at radius 3 is 2.40 bits per heavy atom. The van der Waals surface area contributed by atoms with E-state index < -0.39 is 26.0 Å². The van der Waals surface area contributed by atoms with E-state index in [1.165, 1.54) is 19.2 Å². The van der Waals surface area contributed by atoms with Crippen LogP contribution >= 0.6 is 0 Å². The van der Waals surface area contributed by atoms with E-state index in [4.69, 9.17) is 9.47 Å². The number of rotatable bonds is 8. The third-order valence-corrected chi connectivity index (χ3v) is 7.57. The molecular formula is C19H22N2O7S2. The number of carbonyl (C=O) groups is 1. The van der Waals surface area contributed by atoms with Crippen molar-refractivity contribution >= 4 is 31.6 Å². The first-order valence-electron chi connectivity index (χ1n) is 9.13. The number of carbonyl (C=O) groups excluding carboxylic acids is 1. The number of sulfonamides is 2. The van der Waals surface area contributed by atoms with Crippen LogP contribution in [0, 0.1) is 0 Å². The monoisotopic (exact) mass is 454 g/mol. The second-order valence-corrected chi connectivity index (χ2v) is 10.1. The van der Waals surface area contributed by atoms with Gasteiger partial charge < -0.3 is 9.47 Å². The Bertz CT molecular complexity index is 1140. The molecule has 0 atom stereocenters. The molecule has 9 nitrogen and oxygen atoms in total. The van der Waals surface area contributed by atoms with Gasteiger partial charge >= 0.3 is 0 Å². The highest BCUT2D eigenvalue weighted by atomic mass is 32.2. The van der Waals surface area contributed by atoms with Crippen LogP contribution in [0.1, 0.15) is 18.9 Å². The van der Waals surface area contributed by atoms with Crippen LogP contribution in [0.15, 0.2) is 47.4 Å². The molecule has 1 aliphatic heterocycles. The average molecular weight is 455 g/mol. The summed E-state index contributed by atoms with van der Waals surface area (Å²) in [5, 5.41) is 0. The number of ether oxygens (including phenoxy) is 2. The number of nitrogens with one attached hydrogen (secondary N) is 1. The van der Waals surface area contributed by atoms with Crippen LogP contribution in [0.4, 0.5) is 5.69 Å². The van der Waals surface area contributed by atoms with Crippen molar-refractivity contribution in [2.24, 2.45) is 0 Å². The Kier molecular flexibility index (Phi) is 6.34. The van der Waals surface area contributed by atoms with Crippen LogP contribution in [0.5, 0.6) is 11.5 Å². The zero-order valence-electron chi connectivity index (χ0n) is 16.5. The second-order valence-electron chi connectivity index (χ2n) is 6.46. The molecule has 0 aromatic heterocycles. The largest absolute Gasteiger partial charge is 0.497 e. The summed E-state index contributed by atoms with van der Waals surface area (Å²) in [6.07, 6.45) is -0.145. The summed E-state index contributed by atoms with van der Waals surface area (Å²) >= 11 is 0. The van der Waals surface area contributed by atoms with E-state index in [1.54, 1.807) is 31.2 Å². The molecule has 1 aliphatic rings. The number of hydrogen-bond donors (Lipinski definition) is 1. The minimum absolute atomic E-state index is 0.00304. The van der Waals surface area contributed by atoms with Gasteiger partial charge in [0.15, 0.2) is 0 Å². The van der Waals surface area contributed by atoms with Crippen molar-refractivity contribution in [3.05, 3.63) is 48.0 Å². The summed E-state index contributed by atoms with van der Waals surface area (Å²) in [7, 11) is -6.36. The molecule has 1 heterocycles. The lowest BCUT2D eigenvalue weighted by molar-refractivity contribution is -0.116.